The molecular weight excluding hydrogens is 354 g/mol. The van der Waals surface area contributed by atoms with Crippen LogP contribution in [0.4, 0.5) is 5.69 Å². The highest BCUT2D eigenvalue weighted by atomic mass is 32.2. The number of thioether (sulfide) groups is 1. The summed E-state index contributed by atoms with van der Waals surface area (Å²) in [5.74, 6) is 1.70. The van der Waals surface area contributed by atoms with Gasteiger partial charge in [-0.05, 0) is 39.0 Å². The molecule has 1 N–H and O–H groups in total. The zero-order valence-corrected chi connectivity index (χ0v) is 15.3. The number of rotatable bonds is 4. The predicted molar refractivity (Wildman–Crippen MR) is 96.8 cm³/mol. The third-order valence-electron chi connectivity index (χ3n) is 3.89. The molecule has 0 radical (unpaired) electrons. The summed E-state index contributed by atoms with van der Waals surface area (Å²) < 4.78 is 12.3. The number of aromatic nitrogens is 4. The molecule has 0 bridgehead atoms. The smallest absolute Gasteiger partial charge is 0.253 e. The minimum Gasteiger partial charge on any atom is -0.454 e. The number of aryl methyl sites for hydroxylation is 2. The van der Waals surface area contributed by atoms with Crippen molar-refractivity contribution in [3.8, 4) is 11.5 Å². The molecular formula is C17H17N5O3S. The van der Waals surface area contributed by atoms with E-state index in [1.807, 2.05) is 26.8 Å². The van der Waals surface area contributed by atoms with Gasteiger partial charge >= 0.3 is 0 Å². The number of carbonyl (C=O) groups excluding carboxylic acids is 1. The highest BCUT2D eigenvalue weighted by Gasteiger charge is 2.20. The van der Waals surface area contributed by atoms with Crippen LogP contribution in [0.15, 0.2) is 29.4 Å². The molecule has 1 aromatic carbocycles. The van der Waals surface area contributed by atoms with Crippen molar-refractivity contribution >= 4 is 29.1 Å². The summed E-state index contributed by atoms with van der Waals surface area (Å²) in [6, 6.07) is 7.24. The van der Waals surface area contributed by atoms with Crippen LogP contribution in [-0.2, 0) is 4.79 Å². The van der Waals surface area contributed by atoms with Crippen LogP contribution in [0.1, 0.15) is 18.3 Å². The number of anilines is 1. The Balaban J connectivity index is 1.46. The minimum atomic E-state index is -0.376. The van der Waals surface area contributed by atoms with Crippen LogP contribution in [0.2, 0.25) is 0 Å². The molecule has 0 fully saturated rings. The van der Waals surface area contributed by atoms with Gasteiger partial charge in [0.1, 0.15) is 0 Å². The van der Waals surface area contributed by atoms with Gasteiger partial charge in [0.15, 0.2) is 11.5 Å². The topological polar surface area (TPSA) is 90.6 Å². The quantitative estimate of drug-likeness (QED) is 0.705. The first-order valence-corrected chi connectivity index (χ1v) is 8.96. The zero-order valence-electron chi connectivity index (χ0n) is 14.5. The SMILES string of the molecule is Cc1cc(C)n2nc(S[C@H](C)C(=O)Nc3ccc4c(c3)OCO4)nc2n1. The lowest BCUT2D eigenvalue weighted by Gasteiger charge is -2.10. The standard InChI is InChI=1S/C17H17N5O3S/c1-9-6-10(2)22-16(18-9)20-17(21-22)26-11(3)15(23)19-12-4-5-13-14(7-12)25-8-24-13/h4-7,11H,8H2,1-3H3,(H,19,23)/t11-/m1/s1. The number of amides is 1. The van der Waals surface area contributed by atoms with Crippen LogP contribution in [-0.4, -0.2) is 37.5 Å². The Morgan fingerprint density at radius 2 is 2.04 bits per heavy atom. The third kappa shape index (κ3) is 3.17. The normalized spacial score (nSPS) is 13.8. The van der Waals surface area contributed by atoms with E-state index in [-0.39, 0.29) is 18.0 Å². The molecule has 1 aliphatic heterocycles. The van der Waals surface area contributed by atoms with E-state index in [4.69, 9.17) is 9.47 Å². The van der Waals surface area contributed by atoms with Crippen LogP contribution in [0.5, 0.6) is 11.5 Å². The maximum Gasteiger partial charge on any atom is 0.253 e. The number of hydrogen-bond acceptors (Lipinski definition) is 7. The molecule has 26 heavy (non-hydrogen) atoms. The van der Waals surface area contributed by atoms with E-state index in [9.17, 15) is 4.79 Å². The number of carbonyl (C=O) groups is 1. The molecule has 8 nitrogen and oxygen atoms in total. The average molecular weight is 371 g/mol. The van der Waals surface area contributed by atoms with Crippen molar-refractivity contribution in [3.63, 3.8) is 0 Å². The molecule has 9 heteroatoms. The van der Waals surface area contributed by atoms with E-state index in [0.29, 0.717) is 28.1 Å². The van der Waals surface area contributed by atoms with Crippen molar-refractivity contribution in [1.82, 2.24) is 19.6 Å². The van der Waals surface area contributed by atoms with Gasteiger partial charge in [-0.1, -0.05) is 11.8 Å². The molecule has 3 heterocycles. The Morgan fingerprint density at radius 1 is 1.23 bits per heavy atom. The summed E-state index contributed by atoms with van der Waals surface area (Å²) in [4.78, 5) is 21.2. The summed E-state index contributed by atoms with van der Waals surface area (Å²) in [7, 11) is 0. The minimum absolute atomic E-state index is 0.145. The lowest BCUT2D eigenvalue weighted by molar-refractivity contribution is -0.115. The number of hydrogen-bond donors (Lipinski definition) is 1. The molecule has 0 saturated carbocycles. The number of ether oxygens (including phenoxy) is 2. The van der Waals surface area contributed by atoms with Crippen LogP contribution in [0, 0.1) is 13.8 Å². The van der Waals surface area contributed by atoms with E-state index >= 15 is 0 Å². The lowest BCUT2D eigenvalue weighted by Crippen LogP contribution is -2.22. The van der Waals surface area contributed by atoms with Gasteiger partial charge in [0.2, 0.25) is 17.9 Å². The van der Waals surface area contributed by atoms with Gasteiger partial charge in [-0.3, -0.25) is 4.79 Å². The van der Waals surface area contributed by atoms with Crippen molar-refractivity contribution in [1.29, 1.82) is 0 Å². The van der Waals surface area contributed by atoms with E-state index in [1.165, 1.54) is 11.8 Å². The molecule has 134 valence electrons. The molecule has 0 spiro atoms. The number of nitrogens with one attached hydrogen (secondary N) is 1. The van der Waals surface area contributed by atoms with Gasteiger partial charge in [0.05, 0.1) is 5.25 Å². The Kier molecular flexibility index (Phi) is 4.15. The number of fused-ring (bicyclic) bond motifs is 2. The summed E-state index contributed by atoms with van der Waals surface area (Å²) in [5.41, 5.74) is 2.49. The van der Waals surface area contributed by atoms with Crippen LogP contribution < -0.4 is 14.8 Å². The second kappa shape index (κ2) is 6.49. The fourth-order valence-electron chi connectivity index (χ4n) is 2.63. The maximum absolute atomic E-state index is 12.5. The maximum atomic E-state index is 12.5. The van der Waals surface area contributed by atoms with Crippen molar-refractivity contribution in [2.45, 2.75) is 31.2 Å². The van der Waals surface area contributed by atoms with E-state index < -0.39 is 0 Å². The molecule has 2 aromatic heterocycles. The molecule has 1 amide bonds. The first-order chi connectivity index (χ1) is 12.5. The average Bonchev–Trinajstić information content (AvgIpc) is 3.20. The summed E-state index contributed by atoms with van der Waals surface area (Å²) in [5, 5.41) is 7.43. The van der Waals surface area contributed by atoms with Gasteiger partial charge in [-0.25, -0.2) is 9.50 Å². The van der Waals surface area contributed by atoms with E-state index in [1.54, 1.807) is 22.7 Å². The van der Waals surface area contributed by atoms with E-state index in [2.05, 4.69) is 20.4 Å². The summed E-state index contributed by atoms with van der Waals surface area (Å²) >= 11 is 1.29. The van der Waals surface area contributed by atoms with Crippen LogP contribution in [0.25, 0.3) is 5.78 Å². The molecule has 1 atom stereocenters. The van der Waals surface area contributed by atoms with Gasteiger partial charge in [-0.15, -0.1) is 5.10 Å². The molecule has 0 saturated heterocycles. The van der Waals surface area contributed by atoms with Crippen molar-refractivity contribution in [2.75, 3.05) is 12.1 Å². The Hall–Kier alpha value is -2.81. The van der Waals surface area contributed by atoms with Gasteiger partial charge in [0.25, 0.3) is 5.78 Å². The monoisotopic (exact) mass is 371 g/mol. The molecule has 1 aliphatic rings. The summed E-state index contributed by atoms with van der Waals surface area (Å²) in [6.07, 6.45) is 0. The molecule has 3 aromatic rings. The second-order valence-corrected chi connectivity index (χ2v) is 7.27. The number of benzene rings is 1. The fraction of sp³-hybridized carbons (Fsp3) is 0.294. The van der Waals surface area contributed by atoms with Crippen molar-refractivity contribution in [3.05, 3.63) is 35.7 Å². The Labute approximate surface area is 153 Å². The molecule has 4 rings (SSSR count). The van der Waals surface area contributed by atoms with Crippen LogP contribution >= 0.6 is 11.8 Å². The predicted octanol–water partition coefficient (Wildman–Crippen LogP) is 2.59. The summed E-state index contributed by atoms with van der Waals surface area (Å²) in [6.45, 7) is 5.87. The Morgan fingerprint density at radius 3 is 2.88 bits per heavy atom. The number of nitrogens with zero attached hydrogens (tertiary/aromatic N) is 4. The first-order valence-electron chi connectivity index (χ1n) is 8.08. The van der Waals surface area contributed by atoms with Crippen molar-refractivity contribution < 1.29 is 14.3 Å². The highest BCUT2D eigenvalue weighted by molar-refractivity contribution is 8.00. The van der Waals surface area contributed by atoms with Gasteiger partial charge in [0, 0.05) is 23.1 Å². The zero-order chi connectivity index (χ0) is 18.3. The Bertz CT molecular complexity index is 1000. The largest absolute Gasteiger partial charge is 0.454 e. The molecule has 0 aliphatic carbocycles. The lowest BCUT2D eigenvalue weighted by atomic mass is 10.2. The van der Waals surface area contributed by atoms with Crippen molar-refractivity contribution in [2.24, 2.45) is 0 Å². The van der Waals surface area contributed by atoms with Crippen LogP contribution in [0.3, 0.4) is 0 Å². The first kappa shape index (κ1) is 16.6. The second-order valence-electron chi connectivity index (χ2n) is 5.96. The van der Waals surface area contributed by atoms with E-state index in [0.717, 1.165) is 11.4 Å². The highest BCUT2D eigenvalue weighted by Crippen LogP contribution is 2.34. The third-order valence-corrected chi connectivity index (χ3v) is 4.84. The fourth-order valence-corrected chi connectivity index (χ4v) is 3.37. The van der Waals surface area contributed by atoms with Gasteiger partial charge in [-0.2, -0.15) is 4.98 Å². The van der Waals surface area contributed by atoms with Gasteiger partial charge < -0.3 is 14.8 Å². The molecule has 0 unspecified atom stereocenters.